The summed E-state index contributed by atoms with van der Waals surface area (Å²) in [6.45, 7) is 5.34. The van der Waals surface area contributed by atoms with E-state index in [9.17, 15) is 9.59 Å². The number of likely N-dealkylation sites (tertiary alicyclic amines) is 1. The lowest BCUT2D eigenvalue weighted by Crippen LogP contribution is -2.38. The summed E-state index contributed by atoms with van der Waals surface area (Å²) in [6, 6.07) is 13.5. The predicted molar refractivity (Wildman–Crippen MR) is 116 cm³/mol. The molecule has 0 atom stereocenters. The van der Waals surface area contributed by atoms with Crippen molar-refractivity contribution in [1.82, 2.24) is 10.3 Å². The van der Waals surface area contributed by atoms with Gasteiger partial charge in [0.25, 0.3) is 11.8 Å². The van der Waals surface area contributed by atoms with Crippen molar-refractivity contribution in [1.29, 1.82) is 5.26 Å². The van der Waals surface area contributed by atoms with Crippen LogP contribution in [0.3, 0.4) is 0 Å². The van der Waals surface area contributed by atoms with Crippen molar-refractivity contribution in [2.24, 2.45) is 5.84 Å². The van der Waals surface area contributed by atoms with Gasteiger partial charge in [-0.3, -0.25) is 15.0 Å². The van der Waals surface area contributed by atoms with Crippen LogP contribution in [0.2, 0.25) is 0 Å². The monoisotopic (exact) mass is 404 g/mol. The largest absolute Gasteiger partial charge is 0.339 e. The van der Waals surface area contributed by atoms with E-state index in [-0.39, 0.29) is 11.8 Å². The number of hydrazine groups is 1. The Hall–Kier alpha value is -3.17. The zero-order chi connectivity index (χ0) is 21.7. The number of nitriles is 1. The Morgan fingerprint density at radius 1 is 1.07 bits per heavy atom. The van der Waals surface area contributed by atoms with Crippen molar-refractivity contribution in [3.63, 3.8) is 0 Å². The average molecular weight is 405 g/mol. The average Bonchev–Trinajstić information content (AvgIpc) is 2.82. The third-order valence-electron chi connectivity index (χ3n) is 5.99. The van der Waals surface area contributed by atoms with Gasteiger partial charge in [0.2, 0.25) is 0 Å². The Kier molecular flexibility index (Phi) is 6.86. The molecule has 0 saturated carbocycles. The van der Waals surface area contributed by atoms with Gasteiger partial charge in [-0.1, -0.05) is 32.0 Å². The Morgan fingerprint density at radius 3 is 2.20 bits per heavy atom. The predicted octanol–water partition coefficient (Wildman–Crippen LogP) is 3.31. The molecule has 6 nitrogen and oxygen atoms in total. The van der Waals surface area contributed by atoms with Crippen LogP contribution >= 0.6 is 0 Å². The molecular weight excluding hydrogens is 376 g/mol. The van der Waals surface area contributed by atoms with E-state index >= 15 is 0 Å². The SMILES string of the molecule is CCc1cc(CC)c(C(=O)N2CCC(c3ccc(C#N)cc3)CC2)cc1C(=O)NN. The van der Waals surface area contributed by atoms with Crippen LogP contribution in [-0.4, -0.2) is 29.8 Å². The summed E-state index contributed by atoms with van der Waals surface area (Å²) < 4.78 is 0. The fraction of sp³-hybridized carbons (Fsp3) is 0.375. The Morgan fingerprint density at radius 2 is 1.67 bits per heavy atom. The van der Waals surface area contributed by atoms with Crippen LogP contribution in [0.25, 0.3) is 0 Å². The quantitative estimate of drug-likeness (QED) is 0.454. The molecule has 1 fully saturated rings. The van der Waals surface area contributed by atoms with Gasteiger partial charge < -0.3 is 4.90 Å². The van der Waals surface area contributed by atoms with Crippen LogP contribution in [0.5, 0.6) is 0 Å². The summed E-state index contributed by atoms with van der Waals surface area (Å²) in [5, 5.41) is 8.96. The summed E-state index contributed by atoms with van der Waals surface area (Å²) in [6.07, 6.45) is 3.17. The first-order chi connectivity index (χ1) is 14.5. The minimum absolute atomic E-state index is 0.0288. The number of nitrogen functional groups attached to an aromatic ring is 1. The van der Waals surface area contributed by atoms with Crippen molar-refractivity contribution in [3.8, 4) is 6.07 Å². The first kappa shape index (κ1) is 21.5. The Labute approximate surface area is 177 Å². The molecule has 0 aromatic heterocycles. The minimum Gasteiger partial charge on any atom is -0.339 e. The van der Waals surface area contributed by atoms with Gasteiger partial charge in [-0.25, -0.2) is 5.84 Å². The summed E-state index contributed by atoms with van der Waals surface area (Å²) in [4.78, 5) is 27.4. The molecule has 1 heterocycles. The van der Waals surface area contributed by atoms with Crippen molar-refractivity contribution < 1.29 is 9.59 Å². The number of aryl methyl sites for hydroxylation is 2. The molecule has 1 aliphatic heterocycles. The van der Waals surface area contributed by atoms with Gasteiger partial charge in [0.15, 0.2) is 0 Å². The van der Waals surface area contributed by atoms with Gasteiger partial charge in [-0.05, 0) is 66.5 Å². The molecule has 6 heteroatoms. The summed E-state index contributed by atoms with van der Waals surface area (Å²) in [5.41, 5.74) is 6.96. The number of hydrogen-bond acceptors (Lipinski definition) is 4. The molecule has 2 aromatic carbocycles. The van der Waals surface area contributed by atoms with Crippen LogP contribution in [0.15, 0.2) is 36.4 Å². The molecular formula is C24H28N4O2. The van der Waals surface area contributed by atoms with E-state index < -0.39 is 0 Å². The number of hydrogen-bond donors (Lipinski definition) is 2. The molecule has 3 N–H and O–H groups in total. The maximum atomic E-state index is 13.3. The highest BCUT2D eigenvalue weighted by Crippen LogP contribution is 2.30. The first-order valence-corrected chi connectivity index (χ1v) is 10.5. The smallest absolute Gasteiger partial charge is 0.265 e. The first-order valence-electron chi connectivity index (χ1n) is 10.5. The number of rotatable bonds is 5. The number of benzene rings is 2. The molecule has 30 heavy (non-hydrogen) atoms. The van der Waals surface area contributed by atoms with Crippen LogP contribution < -0.4 is 11.3 Å². The number of carbonyl (C=O) groups is 2. The van der Waals surface area contributed by atoms with E-state index in [2.05, 4.69) is 11.5 Å². The van der Waals surface area contributed by atoms with Gasteiger partial charge in [-0.2, -0.15) is 5.26 Å². The van der Waals surface area contributed by atoms with Crippen LogP contribution in [0.4, 0.5) is 0 Å². The van der Waals surface area contributed by atoms with Crippen molar-refractivity contribution in [2.45, 2.75) is 45.4 Å². The number of carbonyl (C=O) groups excluding carboxylic acids is 2. The maximum absolute atomic E-state index is 13.3. The molecule has 0 spiro atoms. The van der Waals surface area contributed by atoms with Gasteiger partial charge >= 0.3 is 0 Å². The lowest BCUT2D eigenvalue weighted by atomic mass is 9.88. The number of nitrogens with one attached hydrogen (secondary N) is 1. The lowest BCUT2D eigenvalue weighted by Gasteiger charge is -2.33. The van der Waals surface area contributed by atoms with E-state index in [0.29, 0.717) is 42.1 Å². The highest BCUT2D eigenvalue weighted by Gasteiger charge is 2.27. The highest BCUT2D eigenvalue weighted by molar-refractivity contribution is 6.01. The third kappa shape index (κ3) is 4.37. The van der Waals surface area contributed by atoms with E-state index in [1.165, 1.54) is 5.56 Å². The third-order valence-corrected chi connectivity index (χ3v) is 5.99. The summed E-state index contributed by atoms with van der Waals surface area (Å²) >= 11 is 0. The highest BCUT2D eigenvalue weighted by atomic mass is 16.2. The number of nitrogens with two attached hydrogens (primary N) is 1. The van der Waals surface area contributed by atoms with E-state index in [0.717, 1.165) is 30.4 Å². The second-order valence-corrected chi connectivity index (χ2v) is 7.65. The molecule has 0 unspecified atom stereocenters. The standard InChI is InChI=1S/C24H28N4O2/c1-3-17-13-18(4-2)22(14-21(17)23(29)27-26)24(30)28-11-9-20(10-12-28)19-7-5-16(15-25)6-8-19/h5-8,13-14,20H,3-4,9-12,26H2,1-2H3,(H,27,29). The fourth-order valence-corrected chi connectivity index (χ4v) is 4.18. The molecule has 1 aliphatic rings. The van der Waals surface area contributed by atoms with E-state index in [1.54, 1.807) is 6.07 Å². The molecule has 156 valence electrons. The van der Waals surface area contributed by atoms with E-state index in [1.807, 2.05) is 49.1 Å². The van der Waals surface area contributed by atoms with Crippen LogP contribution in [-0.2, 0) is 12.8 Å². The number of piperidine rings is 1. The van der Waals surface area contributed by atoms with Gasteiger partial charge in [0.05, 0.1) is 11.6 Å². The zero-order valence-electron chi connectivity index (χ0n) is 17.6. The van der Waals surface area contributed by atoms with Crippen molar-refractivity contribution in [3.05, 3.63) is 69.8 Å². The summed E-state index contributed by atoms with van der Waals surface area (Å²) in [7, 11) is 0. The van der Waals surface area contributed by atoms with Crippen molar-refractivity contribution in [2.75, 3.05) is 13.1 Å². The molecule has 3 rings (SSSR count). The minimum atomic E-state index is -0.372. The fourth-order valence-electron chi connectivity index (χ4n) is 4.18. The van der Waals surface area contributed by atoms with Gasteiger partial charge in [0.1, 0.15) is 0 Å². The summed E-state index contributed by atoms with van der Waals surface area (Å²) in [5.74, 6) is 5.33. The Balaban J connectivity index is 1.78. The molecule has 1 saturated heterocycles. The second kappa shape index (κ2) is 9.55. The molecule has 2 aromatic rings. The molecule has 0 bridgehead atoms. The topological polar surface area (TPSA) is 99.2 Å². The Bertz CT molecular complexity index is 968. The van der Waals surface area contributed by atoms with Crippen molar-refractivity contribution >= 4 is 11.8 Å². The molecule has 0 radical (unpaired) electrons. The van der Waals surface area contributed by atoms with Crippen LogP contribution in [0.1, 0.15) is 75.6 Å². The second-order valence-electron chi connectivity index (χ2n) is 7.65. The lowest BCUT2D eigenvalue weighted by molar-refractivity contribution is 0.0712. The van der Waals surface area contributed by atoms with Crippen LogP contribution in [0, 0.1) is 11.3 Å². The maximum Gasteiger partial charge on any atom is 0.265 e. The molecule has 2 amide bonds. The number of nitrogens with zero attached hydrogens (tertiary/aromatic N) is 2. The van der Waals surface area contributed by atoms with E-state index in [4.69, 9.17) is 11.1 Å². The normalized spacial score (nSPS) is 14.3. The van der Waals surface area contributed by atoms with Gasteiger partial charge in [0, 0.05) is 24.2 Å². The van der Waals surface area contributed by atoms with Gasteiger partial charge in [-0.15, -0.1) is 0 Å². The number of amides is 2. The molecule has 0 aliphatic carbocycles. The zero-order valence-corrected chi connectivity index (χ0v) is 17.6.